The summed E-state index contributed by atoms with van der Waals surface area (Å²) in [6, 6.07) is 2.19. The van der Waals surface area contributed by atoms with Crippen molar-refractivity contribution in [2.24, 2.45) is 11.8 Å². The largest absolute Gasteiger partial charge is 0.336 e. The highest BCUT2D eigenvalue weighted by Crippen LogP contribution is 2.38. The lowest BCUT2D eigenvalue weighted by atomic mass is 9.81. The van der Waals surface area contributed by atoms with Crippen LogP contribution in [0, 0.1) is 23.2 Å². The maximum Gasteiger partial charge on any atom is 0.241 e. The van der Waals surface area contributed by atoms with Crippen LogP contribution in [0.2, 0.25) is 0 Å². The van der Waals surface area contributed by atoms with E-state index in [-0.39, 0.29) is 30.2 Å². The van der Waals surface area contributed by atoms with Crippen molar-refractivity contribution >= 4 is 17.7 Å². The predicted octanol–water partition coefficient (Wildman–Crippen LogP) is 1.11. The Kier molecular flexibility index (Phi) is 3.90. The molecule has 1 N–H and O–H groups in total. The molecule has 6 nitrogen and oxygen atoms in total. The van der Waals surface area contributed by atoms with Crippen molar-refractivity contribution in [3.05, 3.63) is 0 Å². The van der Waals surface area contributed by atoms with Crippen LogP contribution in [0.4, 0.5) is 0 Å². The minimum atomic E-state index is -0.810. The predicted molar refractivity (Wildman–Crippen MR) is 77.1 cm³/mol. The molecule has 0 radical (unpaired) electrons. The molecule has 3 amide bonds. The first-order chi connectivity index (χ1) is 10.6. The fourth-order valence-electron chi connectivity index (χ4n) is 4.08. The van der Waals surface area contributed by atoms with Gasteiger partial charge >= 0.3 is 0 Å². The van der Waals surface area contributed by atoms with Gasteiger partial charge in [-0.1, -0.05) is 12.8 Å². The molecule has 0 spiro atoms. The van der Waals surface area contributed by atoms with E-state index in [2.05, 4.69) is 11.4 Å². The second-order valence-corrected chi connectivity index (χ2v) is 6.71. The third-order valence-corrected chi connectivity index (χ3v) is 5.28. The number of nitrogens with zero attached hydrogens (tertiary/aromatic N) is 2. The minimum absolute atomic E-state index is 0.206. The van der Waals surface area contributed by atoms with Gasteiger partial charge in [0, 0.05) is 0 Å². The van der Waals surface area contributed by atoms with Crippen molar-refractivity contribution < 1.29 is 14.4 Å². The Morgan fingerprint density at radius 2 is 1.68 bits per heavy atom. The van der Waals surface area contributed by atoms with Crippen LogP contribution in [-0.2, 0) is 14.4 Å². The third-order valence-electron chi connectivity index (χ3n) is 5.28. The number of fused-ring (bicyclic) bond motifs is 1. The van der Waals surface area contributed by atoms with Gasteiger partial charge in [0.1, 0.15) is 12.1 Å². The molecule has 0 unspecified atom stereocenters. The first-order valence-corrected chi connectivity index (χ1v) is 8.14. The molecule has 2 saturated carbocycles. The number of carbonyl (C=O) groups is 3. The van der Waals surface area contributed by atoms with Gasteiger partial charge in [-0.15, -0.1) is 0 Å². The molecule has 118 valence electrons. The Hall–Kier alpha value is -1.90. The topological polar surface area (TPSA) is 90.3 Å². The van der Waals surface area contributed by atoms with Crippen LogP contribution in [-0.4, -0.2) is 34.7 Å². The fraction of sp³-hybridized carbons (Fsp3) is 0.750. The average molecular weight is 303 g/mol. The molecular weight excluding hydrogens is 282 g/mol. The maximum atomic E-state index is 12.3. The molecule has 3 aliphatic rings. The number of hydrogen-bond acceptors (Lipinski definition) is 4. The molecule has 0 aromatic carbocycles. The molecule has 0 aromatic rings. The van der Waals surface area contributed by atoms with Crippen molar-refractivity contribution in [2.75, 3.05) is 6.54 Å². The lowest BCUT2D eigenvalue weighted by molar-refractivity contribution is -0.144. The van der Waals surface area contributed by atoms with Gasteiger partial charge in [-0.25, -0.2) is 0 Å². The first kappa shape index (κ1) is 15.0. The zero-order valence-electron chi connectivity index (χ0n) is 12.6. The highest BCUT2D eigenvalue weighted by Gasteiger charge is 2.49. The monoisotopic (exact) mass is 303 g/mol. The van der Waals surface area contributed by atoms with Gasteiger partial charge in [-0.3, -0.25) is 19.3 Å². The van der Waals surface area contributed by atoms with E-state index in [1.54, 1.807) is 0 Å². The Morgan fingerprint density at radius 1 is 1.14 bits per heavy atom. The van der Waals surface area contributed by atoms with E-state index in [4.69, 9.17) is 0 Å². The minimum Gasteiger partial charge on any atom is -0.336 e. The molecule has 3 rings (SSSR count). The van der Waals surface area contributed by atoms with E-state index in [9.17, 15) is 19.6 Å². The maximum absolute atomic E-state index is 12.3. The molecule has 2 aliphatic carbocycles. The van der Waals surface area contributed by atoms with Gasteiger partial charge in [0.2, 0.25) is 17.7 Å². The van der Waals surface area contributed by atoms with Crippen molar-refractivity contribution in [1.82, 2.24) is 10.2 Å². The number of nitriles is 1. The standard InChI is InChI=1S/C16H21N3O3/c17-10-16(7-3-4-8-16)18-13(20)9-19-14(21)11-5-1-2-6-12(11)15(19)22/h11-12H,1-9H2,(H,18,20)/t11-,12-/m1/s1. The molecule has 22 heavy (non-hydrogen) atoms. The van der Waals surface area contributed by atoms with Gasteiger partial charge < -0.3 is 5.32 Å². The van der Waals surface area contributed by atoms with Gasteiger partial charge in [0.15, 0.2) is 0 Å². The lowest BCUT2D eigenvalue weighted by Crippen LogP contribution is -2.50. The number of rotatable bonds is 3. The molecule has 3 fully saturated rings. The number of nitrogens with one attached hydrogen (secondary N) is 1. The second-order valence-electron chi connectivity index (χ2n) is 6.71. The lowest BCUT2D eigenvalue weighted by Gasteiger charge is -2.23. The van der Waals surface area contributed by atoms with Gasteiger partial charge in [0.25, 0.3) is 0 Å². The first-order valence-electron chi connectivity index (χ1n) is 8.14. The van der Waals surface area contributed by atoms with E-state index >= 15 is 0 Å². The summed E-state index contributed by atoms with van der Waals surface area (Å²) in [4.78, 5) is 38.0. The molecular formula is C16H21N3O3. The van der Waals surface area contributed by atoms with Crippen LogP contribution >= 0.6 is 0 Å². The number of imide groups is 1. The molecule has 0 aromatic heterocycles. The normalized spacial score (nSPS) is 30.0. The van der Waals surface area contributed by atoms with Crippen LogP contribution < -0.4 is 5.32 Å². The molecule has 1 aliphatic heterocycles. The van der Waals surface area contributed by atoms with E-state index < -0.39 is 11.4 Å². The number of amides is 3. The summed E-state index contributed by atoms with van der Waals surface area (Å²) in [5.41, 5.74) is -0.810. The smallest absolute Gasteiger partial charge is 0.241 e. The quantitative estimate of drug-likeness (QED) is 0.791. The van der Waals surface area contributed by atoms with E-state index in [1.807, 2.05) is 0 Å². The highest BCUT2D eigenvalue weighted by atomic mass is 16.2. The Morgan fingerprint density at radius 3 is 2.18 bits per heavy atom. The second kappa shape index (κ2) is 5.71. The van der Waals surface area contributed by atoms with Gasteiger partial charge in [-0.05, 0) is 38.5 Å². The Bertz CT molecular complexity index is 521. The van der Waals surface area contributed by atoms with E-state index in [0.29, 0.717) is 12.8 Å². The van der Waals surface area contributed by atoms with Crippen LogP contribution in [0.5, 0.6) is 0 Å². The number of carbonyl (C=O) groups excluding carboxylic acids is 3. The SMILES string of the molecule is N#CC1(NC(=O)CN2C(=O)[C@@H]3CCCC[C@H]3C2=O)CCCC1. The summed E-state index contributed by atoms with van der Waals surface area (Å²) in [5, 5.41) is 12.0. The van der Waals surface area contributed by atoms with E-state index in [0.717, 1.165) is 43.4 Å². The van der Waals surface area contributed by atoms with E-state index in [1.165, 1.54) is 0 Å². The zero-order chi connectivity index (χ0) is 15.7. The summed E-state index contributed by atoms with van der Waals surface area (Å²) in [6.45, 7) is -0.242. The third kappa shape index (κ3) is 2.49. The summed E-state index contributed by atoms with van der Waals surface area (Å²) in [5.74, 6) is -1.27. The fourth-order valence-corrected chi connectivity index (χ4v) is 4.08. The Labute approximate surface area is 129 Å². The molecule has 2 atom stereocenters. The van der Waals surface area contributed by atoms with Crippen LogP contribution in [0.1, 0.15) is 51.4 Å². The summed E-state index contributed by atoms with van der Waals surface area (Å²) >= 11 is 0. The Balaban J connectivity index is 1.65. The van der Waals surface area contributed by atoms with Gasteiger partial charge in [-0.2, -0.15) is 5.26 Å². The number of hydrogen-bond donors (Lipinski definition) is 1. The zero-order valence-corrected chi connectivity index (χ0v) is 12.6. The van der Waals surface area contributed by atoms with Crippen LogP contribution in [0.3, 0.4) is 0 Å². The van der Waals surface area contributed by atoms with Crippen LogP contribution in [0.25, 0.3) is 0 Å². The van der Waals surface area contributed by atoms with Crippen molar-refractivity contribution in [3.63, 3.8) is 0 Å². The number of likely N-dealkylation sites (tertiary alicyclic amines) is 1. The van der Waals surface area contributed by atoms with Crippen molar-refractivity contribution in [2.45, 2.75) is 56.9 Å². The summed E-state index contributed by atoms with van der Waals surface area (Å²) in [6.07, 6.45) is 6.55. The molecule has 1 saturated heterocycles. The highest BCUT2D eigenvalue weighted by molar-refractivity contribution is 6.07. The molecule has 1 heterocycles. The van der Waals surface area contributed by atoms with Crippen LogP contribution in [0.15, 0.2) is 0 Å². The summed E-state index contributed by atoms with van der Waals surface area (Å²) < 4.78 is 0. The van der Waals surface area contributed by atoms with Crippen molar-refractivity contribution in [3.8, 4) is 6.07 Å². The van der Waals surface area contributed by atoms with Crippen molar-refractivity contribution in [1.29, 1.82) is 5.26 Å². The summed E-state index contributed by atoms with van der Waals surface area (Å²) in [7, 11) is 0. The molecule has 0 bridgehead atoms. The average Bonchev–Trinajstić information content (AvgIpc) is 3.08. The molecule has 6 heteroatoms. The van der Waals surface area contributed by atoms with Gasteiger partial charge in [0.05, 0.1) is 17.9 Å².